The summed E-state index contributed by atoms with van der Waals surface area (Å²) < 4.78 is 0. The molecular formula is C19H20O. The molecule has 3 rings (SSSR count). The van der Waals surface area contributed by atoms with Crippen molar-refractivity contribution < 1.29 is 4.79 Å². The average Bonchev–Trinajstić information content (AvgIpc) is 2.80. The van der Waals surface area contributed by atoms with Gasteiger partial charge in [0.1, 0.15) is 0 Å². The number of carbonyl (C=O) groups is 1. The Morgan fingerprint density at radius 2 is 1.70 bits per heavy atom. The van der Waals surface area contributed by atoms with Crippen LogP contribution in [0.3, 0.4) is 0 Å². The molecule has 0 aromatic heterocycles. The highest BCUT2D eigenvalue weighted by atomic mass is 16.1. The van der Waals surface area contributed by atoms with Crippen LogP contribution in [0.15, 0.2) is 54.6 Å². The van der Waals surface area contributed by atoms with Gasteiger partial charge in [0.05, 0.1) is 5.41 Å². The summed E-state index contributed by atoms with van der Waals surface area (Å²) in [5, 5.41) is 0. The minimum absolute atomic E-state index is 0.313. The molecule has 1 nitrogen and oxygen atoms in total. The maximum absolute atomic E-state index is 13.0. The van der Waals surface area contributed by atoms with Crippen LogP contribution in [-0.2, 0) is 11.8 Å². The standard InChI is InChI=1S/C19H20O/c1-2-3-13-19(16-10-5-4-6-11-16)14-15-9-7-8-12-17(15)18(19)20/h4-12H,2-3,13-14H2,1H3. The van der Waals surface area contributed by atoms with E-state index in [-0.39, 0.29) is 5.41 Å². The third-order valence-corrected chi connectivity index (χ3v) is 4.47. The molecule has 0 saturated heterocycles. The maximum Gasteiger partial charge on any atom is 0.173 e. The molecule has 2 aromatic carbocycles. The summed E-state index contributed by atoms with van der Waals surface area (Å²) in [5.41, 5.74) is 2.97. The van der Waals surface area contributed by atoms with Gasteiger partial charge in [0.2, 0.25) is 0 Å². The van der Waals surface area contributed by atoms with Crippen LogP contribution in [0.5, 0.6) is 0 Å². The molecule has 0 spiro atoms. The van der Waals surface area contributed by atoms with E-state index >= 15 is 0 Å². The molecule has 1 aliphatic rings. The van der Waals surface area contributed by atoms with E-state index in [0.29, 0.717) is 5.78 Å². The first-order valence-corrected chi connectivity index (χ1v) is 7.46. The lowest BCUT2D eigenvalue weighted by Gasteiger charge is -2.28. The Balaban J connectivity index is 2.08. The number of Topliss-reactive ketones (excluding diaryl/α,β-unsaturated/α-hetero) is 1. The third kappa shape index (κ3) is 1.98. The van der Waals surface area contributed by atoms with Gasteiger partial charge in [-0.1, -0.05) is 74.4 Å². The Morgan fingerprint density at radius 1 is 1.00 bits per heavy atom. The van der Waals surface area contributed by atoms with Crippen LogP contribution >= 0.6 is 0 Å². The van der Waals surface area contributed by atoms with E-state index in [1.807, 2.05) is 36.4 Å². The first-order valence-electron chi connectivity index (χ1n) is 7.46. The number of benzene rings is 2. The molecule has 20 heavy (non-hydrogen) atoms. The highest BCUT2D eigenvalue weighted by molar-refractivity contribution is 6.08. The molecule has 0 radical (unpaired) electrons. The fraction of sp³-hybridized carbons (Fsp3) is 0.316. The summed E-state index contributed by atoms with van der Waals surface area (Å²) in [5.74, 6) is 0.313. The summed E-state index contributed by atoms with van der Waals surface area (Å²) in [7, 11) is 0. The molecule has 1 atom stereocenters. The van der Waals surface area contributed by atoms with Crippen molar-refractivity contribution in [1.82, 2.24) is 0 Å². The van der Waals surface area contributed by atoms with Gasteiger partial charge in [-0.15, -0.1) is 0 Å². The zero-order valence-electron chi connectivity index (χ0n) is 11.9. The lowest BCUT2D eigenvalue weighted by molar-refractivity contribution is 0.0892. The smallest absolute Gasteiger partial charge is 0.173 e. The van der Waals surface area contributed by atoms with Gasteiger partial charge in [-0.3, -0.25) is 4.79 Å². The first kappa shape index (κ1) is 13.1. The SMILES string of the molecule is CCCCC1(c2ccccc2)Cc2ccccc2C1=O. The van der Waals surface area contributed by atoms with Gasteiger partial charge in [-0.05, 0) is 24.0 Å². The van der Waals surface area contributed by atoms with Crippen LogP contribution in [0.1, 0.15) is 47.7 Å². The molecule has 0 heterocycles. The maximum atomic E-state index is 13.0. The highest BCUT2D eigenvalue weighted by Gasteiger charge is 2.45. The Kier molecular flexibility index (Phi) is 3.43. The molecule has 0 N–H and O–H groups in total. The fourth-order valence-electron chi connectivity index (χ4n) is 3.37. The Hall–Kier alpha value is -1.89. The largest absolute Gasteiger partial charge is 0.293 e. The summed E-state index contributed by atoms with van der Waals surface area (Å²) in [6, 6.07) is 18.4. The van der Waals surface area contributed by atoms with Crippen LogP contribution in [0.25, 0.3) is 0 Å². The zero-order valence-corrected chi connectivity index (χ0v) is 11.9. The van der Waals surface area contributed by atoms with E-state index in [2.05, 4.69) is 25.1 Å². The molecule has 102 valence electrons. The third-order valence-electron chi connectivity index (χ3n) is 4.47. The monoisotopic (exact) mass is 264 g/mol. The van der Waals surface area contributed by atoms with Crippen molar-refractivity contribution in [3.63, 3.8) is 0 Å². The van der Waals surface area contributed by atoms with E-state index in [1.54, 1.807) is 0 Å². The van der Waals surface area contributed by atoms with Crippen molar-refractivity contribution >= 4 is 5.78 Å². The highest BCUT2D eigenvalue weighted by Crippen LogP contribution is 2.43. The van der Waals surface area contributed by atoms with Crippen LogP contribution in [0.4, 0.5) is 0 Å². The van der Waals surface area contributed by atoms with E-state index in [9.17, 15) is 4.79 Å². The molecule has 0 saturated carbocycles. The first-order chi connectivity index (χ1) is 9.78. The molecule has 1 heteroatoms. The number of fused-ring (bicyclic) bond motifs is 1. The van der Waals surface area contributed by atoms with Crippen LogP contribution in [-0.4, -0.2) is 5.78 Å². The van der Waals surface area contributed by atoms with Crippen molar-refractivity contribution in [3.05, 3.63) is 71.3 Å². The lowest BCUT2D eigenvalue weighted by atomic mass is 9.73. The number of hydrogen-bond acceptors (Lipinski definition) is 1. The van der Waals surface area contributed by atoms with Crippen molar-refractivity contribution in [2.24, 2.45) is 0 Å². The van der Waals surface area contributed by atoms with Gasteiger partial charge >= 0.3 is 0 Å². The minimum atomic E-state index is -0.332. The van der Waals surface area contributed by atoms with Crippen molar-refractivity contribution in [2.75, 3.05) is 0 Å². The van der Waals surface area contributed by atoms with Crippen LogP contribution < -0.4 is 0 Å². The molecule has 0 bridgehead atoms. The molecule has 1 aliphatic carbocycles. The molecule has 1 unspecified atom stereocenters. The second-order valence-electron chi connectivity index (χ2n) is 5.71. The topological polar surface area (TPSA) is 17.1 Å². The van der Waals surface area contributed by atoms with E-state index in [1.165, 1.54) is 11.1 Å². The van der Waals surface area contributed by atoms with Crippen molar-refractivity contribution in [3.8, 4) is 0 Å². The number of rotatable bonds is 4. The second-order valence-corrected chi connectivity index (χ2v) is 5.71. The number of unbranched alkanes of at least 4 members (excludes halogenated alkanes) is 1. The normalized spacial score (nSPS) is 20.9. The summed E-state index contributed by atoms with van der Waals surface area (Å²) in [4.78, 5) is 13.0. The molecular weight excluding hydrogens is 244 g/mol. The second kappa shape index (κ2) is 5.24. The molecule has 0 fully saturated rings. The predicted molar refractivity (Wildman–Crippen MR) is 82.1 cm³/mol. The van der Waals surface area contributed by atoms with Crippen molar-refractivity contribution in [2.45, 2.75) is 38.0 Å². The van der Waals surface area contributed by atoms with E-state index in [0.717, 1.165) is 31.2 Å². The Bertz CT molecular complexity index is 615. The van der Waals surface area contributed by atoms with Gasteiger partial charge in [0.25, 0.3) is 0 Å². The molecule has 0 aliphatic heterocycles. The fourth-order valence-corrected chi connectivity index (χ4v) is 3.37. The van der Waals surface area contributed by atoms with Gasteiger partial charge in [0, 0.05) is 5.56 Å². The van der Waals surface area contributed by atoms with Gasteiger partial charge in [-0.2, -0.15) is 0 Å². The Labute approximate surface area is 120 Å². The quantitative estimate of drug-likeness (QED) is 0.791. The summed E-state index contributed by atoms with van der Waals surface area (Å²) >= 11 is 0. The molecule has 2 aromatic rings. The summed E-state index contributed by atoms with van der Waals surface area (Å²) in [6.07, 6.45) is 4.01. The predicted octanol–water partition coefficient (Wildman–Crippen LogP) is 4.55. The van der Waals surface area contributed by atoms with E-state index < -0.39 is 0 Å². The van der Waals surface area contributed by atoms with Crippen LogP contribution in [0.2, 0.25) is 0 Å². The van der Waals surface area contributed by atoms with E-state index in [4.69, 9.17) is 0 Å². The average molecular weight is 264 g/mol. The van der Waals surface area contributed by atoms with Gasteiger partial charge < -0.3 is 0 Å². The van der Waals surface area contributed by atoms with Crippen molar-refractivity contribution in [1.29, 1.82) is 0 Å². The minimum Gasteiger partial charge on any atom is -0.293 e. The molecule has 0 amide bonds. The number of ketones is 1. The zero-order chi connectivity index (χ0) is 14.0. The number of carbonyl (C=O) groups excluding carboxylic acids is 1. The Morgan fingerprint density at radius 3 is 2.40 bits per heavy atom. The lowest BCUT2D eigenvalue weighted by Crippen LogP contribution is -2.33. The van der Waals surface area contributed by atoms with Gasteiger partial charge in [-0.25, -0.2) is 0 Å². The summed E-state index contributed by atoms with van der Waals surface area (Å²) in [6.45, 7) is 2.19. The number of hydrogen-bond donors (Lipinski definition) is 0. The van der Waals surface area contributed by atoms with Gasteiger partial charge in [0.15, 0.2) is 5.78 Å². The van der Waals surface area contributed by atoms with Crippen LogP contribution in [0, 0.1) is 0 Å².